The lowest BCUT2D eigenvalue weighted by Gasteiger charge is -2.15. The van der Waals surface area contributed by atoms with E-state index in [9.17, 15) is 0 Å². The molecule has 0 radical (unpaired) electrons. The summed E-state index contributed by atoms with van der Waals surface area (Å²) in [6, 6.07) is 10.4. The van der Waals surface area contributed by atoms with Crippen molar-refractivity contribution in [3.8, 4) is 0 Å². The number of hydrogen-bond donors (Lipinski definition) is 0. The molecule has 1 aromatic carbocycles. The summed E-state index contributed by atoms with van der Waals surface area (Å²) in [6.07, 6.45) is 5.26. The van der Waals surface area contributed by atoms with Gasteiger partial charge in [-0.1, -0.05) is 57.0 Å². The van der Waals surface area contributed by atoms with Crippen molar-refractivity contribution in [1.82, 2.24) is 0 Å². The van der Waals surface area contributed by atoms with Gasteiger partial charge in [-0.05, 0) is 18.1 Å². The van der Waals surface area contributed by atoms with Gasteiger partial charge in [-0.15, -0.1) is 0 Å². The van der Waals surface area contributed by atoms with Crippen LogP contribution in [0.5, 0.6) is 0 Å². The van der Waals surface area contributed by atoms with Gasteiger partial charge in [0, 0.05) is 8.81 Å². The topological polar surface area (TPSA) is 9.23 Å². The lowest BCUT2D eigenvalue weighted by Crippen LogP contribution is -2.09. The van der Waals surface area contributed by atoms with Crippen molar-refractivity contribution in [2.75, 3.05) is 0 Å². The van der Waals surface area contributed by atoms with Gasteiger partial charge in [0.05, 0.1) is 6.10 Å². The number of benzene rings is 1. The maximum Gasteiger partial charge on any atom is 0.0618 e. The number of hydrogen-bond acceptors (Lipinski definition) is 1. The molecule has 0 bridgehead atoms. The second kappa shape index (κ2) is 7.84. The van der Waals surface area contributed by atoms with Gasteiger partial charge in [0.15, 0.2) is 0 Å². The molecule has 0 aromatic heterocycles. The average molecular weight is 224 g/mol. The first-order chi connectivity index (χ1) is 7.36. The van der Waals surface area contributed by atoms with Gasteiger partial charge < -0.3 is 4.52 Å². The van der Waals surface area contributed by atoms with Gasteiger partial charge in [-0.25, -0.2) is 0 Å². The molecule has 0 fully saturated rings. The van der Waals surface area contributed by atoms with E-state index in [1.54, 1.807) is 0 Å². The van der Waals surface area contributed by atoms with Crippen molar-refractivity contribution in [3.63, 3.8) is 0 Å². The van der Waals surface area contributed by atoms with Crippen LogP contribution in [-0.2, 0) is 4.52 Å². The monoisotopic (exact) mass is 224 g/mol. The Bertz CT molecular complexity index is 242. The van der Waals surface area contributed by atoms with Gasteiger partial charge >= 0.3 is 0 Å². The highest BCUT2D eigenvalue weighted by Crippen LogP contribution is 2.20. The third-order valence-electron chi connectivity index (χ3n) is 2.34. The molecule has 1 atom stereocenters. The Balaban J connectivity index is 2.33. The predicted molar refractivity (Wildman–Crippen MR) is 69.1 cm³/mol. The molecule has 1 unspecified atom stereocenters. The Kier molecular flexibility index (Phi) is 6.63. The van der Waals surface area contributed by atoms with Gasteiger partial charge in [-0.3, -0.25) is 0 Å². The normalized spacial score (nSPS) is 11.7. The largest absolute Gasteiger partial charge is 0.354 e. The lowest BCUT2D eigenvalue weighted by atomic mass is 10.1. The first-order valence-corrected chi connectivity index (χ1v) is 6.74. The van der Waals surface area contributed by atoms with Crippen LogP contribution in [0.2, 0.25) is 0 Å². The van der Waals surface area contributed by atoms with E-state index in [0.717, 1.165) is 0 Å². The minimum atomic E-state index is 0.457. The summed E-state index contributed by atoms with van der Waals surface area (Å²) in [4.78, 5) is 0. The van der Waals surface area contributed by atoms with E-state index < -0.39 is 0 Å². The summed E-state index contributed by atoms with van der Waals surface area (Å²) in [7, 11) is 0.504. The van der Waals surface area contributed by atoms with E-state index in [-0.39, 0.29) is 0 Å². The maximum atomic E-state index is 5.94. The van der Waals surface area contributed by atoms with Gasteiger partial charge in [0.2, 0.25) is 0 Å². The van der Waals surface area contributed by atoms with E-state index >= 15 is 0 Å². The fraction of sp³-hybridized carbons (Fsp3) is 0.538. The zero-order valence-corrected chi connectivity index (χ0v) is 10.7. The van der Waals surface area contributed by atoms with E-state index in [4.69, 9.17) is 4.52 Å². The highest BCUT2D eigenvalue weighted by atomic mass is 31.1. The van der Waals surface area contributed by atoms with Crippen molar-refractivity contribution < 1.29 is 4.52 Å². The molecule has 15 heavy (non-hydrogen) atoms. The fourth-order valence-corrected chi connectivity index (χ4v) is 2.43. The van der Waals surface area contributed by atoms with Gasteiger partial charge in [0.25, 0.3) is 0 Å². The highest BCUT2D eigenvalue weighted by molar-refractivity contribution is 7.41. The van der Waals surface area contributed by atoms with E-state index in [1.807, 2.05) is 6.07 Å². The predicted octanol–water partition coefficient (Wildman–Crippen LogP) is 3.89. The first kappa shape index (κ1) is 12.7. The minimum Gasteiger partial charge on any atom is -0.354 e. The summed E-state index contributed by atoms with van der Waals surface area (Å²) in [5.74, 6) is 0. The molecule has 1 rings (SSSR count). The molecule has 0 heterocycles. The standard InChI is InChI=1S/C13H21OP/c1-3-8-12(9-4-2)14-15-13-10-6-5-7-11-13/h5-7,10-12,15H,3-4,8-9H2,1-2H3. The van der Waals surface area contributed by atoms with Crippen LogP contribution in [0.1, 0.15) is 39.5 Å². The van der Waals surface area contributed by atoms with Crippen molar-refractivity contribution >= 4 is 14.1 Å². The summed E-state index contributed by atoms with van der Waals surface area (Å²) >= 11 is 0. The molecular weight excluding hydrogens is 203 g/mol. The van der Waals surface area contributed by atoms with Crippen LogP contribution in [0.15, 0.2) is 30.3 Å². The van der Waals surface area contributed by atoms with Crippen LogP contribution in [0, 0.1) is 0 Å². The van der Waals surface area contributed by atoms with Crippen LogP contribution in [0.3, 0.4) is 0 Å². The highest BCUT2D eigenvalue weighted by Gasteiger charge is 2.06. The summed E-state index contributed by atoms with van der Waals surface area (Å²) < 4.78 is 5.94. The van der Waals surface area contributed by atoms with Crippen molar-refractivity contribution in [2.45, 2.75) is 45.6 Å². The third kappa shape index (κ3) is 5.30. The molecule has 0 spiro atoms. The van der Waals surface area contributed by atoms with E-state index in [1.165, 1.54) is 31.0 Å². The molecule has 0 saturated carbocycles. The minimum absolute atomic E-state index is 0.457. The molecule has 0 saturated heterocycles. The summed E-state index contributed by atoms with van der Waals surface area (Å²) in [5, 5.41) is 1.30. The van der Waals surface area contributed by atoms with Crippen molar-refractivity contribution in [3.05, 3.63) is 30.3 Å². The molecule has 0 aliphatic heterocycles. The fourth-order valence-electron chi connectivity index (χ4n) is 1.56. The molecule has 0 amide bonds. The molecule has 0 aliphatic rings. The van der Waals surface area contributed by atoms with Crippen LogP contribution >= 0.6 is 8.81 Å². The lowest BCUT2D eigenvalue weighted by molar-refractivity contribution is 0.208. The Labute approximate surface area is 95.1 Å². The quantitative estimate of drug-likeness (QED) is 0.638. The van der Waals surface area contributed by atoms with E-state index in [2.05, 4.69) is 38.1 Å². The number of rotatable bonds is 7. The maximum absolute atomic E-state index is 5.94. The Morgan fingerprint density at radius 1 is 1.07 bits per heavy atom. The smallest absolute Gasteiger partial charge is 0.0618 e. The summed E-state index contributed by atoms with van der Waals surface area (Å²) in [5.41, 5.74) is 0. The van der Waals surface area contributed by atoms with Crippen molar-refractivity contribution in [1.29, 1.82) is 0 Å². The zero-order valence-electron chi connectivity index (χ0n) is 9.70. The SMILES string of the molecule is CCCC(CCC)OPc1ccccc1. The van der Waals surface area contributed by atoms with E-state index in [0.29, 0.717) is 14.9 Å². The zero-order chi connectivity index (χ0) is 10.9. The molecule has 2 heteroatoms. The molecule has 84 valence electrons. The Hall–Kier alpha value is -0.390. The third-order valence-corrected chi connectivity index (χ3v) is 3.36. The molecule has 0 N–H and O–H groups in total. The van der Waals surface area contributed by atoms with Crippen LogP contribution in [0.25, 0.3) is 0 Å². The van der Waals surface area contributed by atoms with Crippen LogP contribution in [-0.4, -0.2) is 6.10 Å². The van der Waals surface area contributed by atoms with Gasteiger partial charge in [-0.2, -0.15) is 0 Å². The Morgan fingerprint density at radius 3 is 2.20 bits per heavy atom. The first-order valence-electron chi connectivity index (χ1n) is 5.83. The van der Waals surface area contributed by atoms with Crippen LogP contribution in [0.4, 0.5) is 0 Å². The van der Waals surface area contributed by atoms with Crippen LogP contribution < -0.4 is 5.30 Å². The second-order valence-corrected chi connectivity index (χ2v) is 4.80. The van der Waals surface area contributed by atoms with Crippen molar-refractivity contribution in [2.24, 2.45) is 0 Å². The molecule has 0 aliphatic carbocycles. The molecule has 1 aromatic rings. The van der Waals surface area contributed by atoms with Gasteiger partial charge in [0.1, 0.15) is 0 Å². The molecule has 1 nitrogen and oxygen atoms in total. The second-order valence-electron chi connectivity index (χ2n) is 3.79. The Morgan fingerprint density at radius 2 is 1.67 bits per heavy atom. The molecular formula is C13H21OP. The average Bonchev–Trinajstić information content (AvgIpc) is 2.28. The summed E-state index contributed by atoms with van der Waals surface area (Å²) in [6.45, 7) is 4.44.